The van der Waals surface area contributed by atoms with E-state index < -0.39 is 10.0 Å². The van der Waals surface area contributed by atoms with Crippen LogP contribution in [0.2, 0.25) is 0 Å². The van der Waals surface area contributed by atoms with Gasteiger partial charge in [0.1, 0.15) is 0 Å². The van der Waals surface area contributed by atoms with E-state index in [0.717, 1.165) is 11.1 Å². The summed E-state index contributed by atoms with van der Waals surface area (Å²) in [6.07, 6.45) is 0. The van der Waals surface area contributed by atoms with Crippen molar-refractivity contribution in [2.45, 2.75) is 18.7 Å². The molecule has 0 heterocycles. The van der Waals surface area contributed by atoms with Crippen LogP contribution in [-0.4, -0.2) is 15.5 Å². The number of aryl methyl sites for hydroxylation is 2. The summed E-state index contributed by atoms with van der Waals surface area (Å²) in [5, 5.41) is 0. The molecule has 0 bridgehead atoms. The van der Waals surface area contributed by atoms with E-state index >= 15 is 0 Å². The van der Waals surface area contributed by atoms with Crippen LogP contribution >= 0.6 is 0 Å². The average Bonchev–Trinajstić information content (AvgIpc) is 2.37. The lowest BCUT2D eigenvalue weighted by atomic mass is 10.1. The molecule has 0 saturated heterocycles. The van der Waals surface area contributed by atoms with E-state index in [1.807, 2.05) is 32.0 Å². The zero-order chi connectivity index (χ0) is 14.9. The lowest BCUT2D eigenvalue weighted by molar-refractivity contribution is 0.594. The molecule has 20 heavy (non-hydrogen) atoms. The van der Waals surface area contributed by atoms with Crippen molar-refractivity contribution >= 4 is 21.4 Å². The highest BCUT2D eigenvalue weighted by Crippen LogP contribution is 2.24. The van der Waals surface area contributed by atoms with Crippen molar-refractivity contribution in [1.29, 1.82) is 0 Å². The van der Waals surface area contributed by atoms with Crippen molar-refractivity contribution in [3.63, 3.8) is 0 Å². The van der Waals surface area contributed by atoms with Crippen LogP contribution < -0.4 is 10.0 Å². The molecule has 0 aliphatic heterocycles. The first-order valence-electron chi connectivity index (χ1n) is 6.23. The molecule has 0 amide bonds. The topological polar surface area (TPSA) is 63.4 Å². The summed E-state index contributed by atoms with van der Waals surface area (Å²) in [5.41, 5.74) is 8.83. The number of benzene rings is 2. The fraction of sp³-hybridized carbons (Fsp3) is 0.200. The zero-order valence-electron chi connectivity index (χ0n) is 11.8. The third kappa shape index (κ3) is 2.77. The third-order valence-electron chi connectivity index (χ3n) is 3.11. The molecular weight excluding hydrogens is 272 g/mol. The molecule has 106 valence electrons. The van der Waals surface area contributed by atoms with Crippen LogP contribution in [0.15, 0.2) is 47.4 Å². The second-order valence-corrected chi connectivity index (χ2v) is 6.86. The quantitative estimate of drug-likeness (QED) is 0.884. The van der Waals surface area contributed by atoms with Gasteiger partial charge in [0.15, 0.2) is 0 Å². The summed E-state index contributed by atoms with van der Waals surface area (Å²) in [7, 11) is -2.01. The van der Waals surface area contributed by atoms with E-state index in [1.54, 1.807) is 19.2 Å². The molecule has 2 aromatic carbocycles. The molecule has 2 aromatic rings. The fourth-order valence-electron chi connectivity index (χ4n) is 2.07. The van der Waals surface area contributed by atoms with Crippen LogP contribution in [0.4, 0.5) is 11.4 Å². The van der Waals surface area contributed by atoms with E-state index in [0.29, 0.717) is 11.4 Å². The highest BCUT2D eigenvalue weighted by Gasteiger charge is 2.21. The second kappa shape index (κ2) is 5.17. The predicted octanol–water partition coefficient (Wildman–Crippen LogP) is 2.71. The third-order valence-corrected chi connectivity index (χ3v) is 4.91. The van der Waals surface area contributed by atoms with Crippen LogP contribution in [-0.2, 0) is 10.0 Å². The Bertz CT molecular complexity index is 702. The Kier molecular flexibility index (Phi) is 3.72. The first-order chi connectivity index (χ1) is 9.30. The second-order valence-electron chi connectivity index (χ2n) is 4.89. The number of rotatable bonds is 3. The molecule has 0 aliphatic carbocycles. The van der Waals surface area contributed by atoms with Crippen LogP contribution in [0.25, 0.3) is 0 Å². The van der Waals surface area contributed by atoms with Gasteiger partial charge in [-0.25, -0.2) is 8.42 Å². The molecule has 0 aromatic heterocycles. The Morgan fingerprint density at radius 2 is 1.45 bits per heavy atom. The van der Waals surface area contributed by atoms with Gasteiger partial charge in [0.2, 0.25) is 0 Å². The number of nitrogens with zero attached hydrogens (tertiary/aromatic N) is 1. The maximum absolute atomic E-state index is 12.6. The van der Waals surface area contributed by atoms with E-state index in [2.05, 4.69) is 0 Å². The summed E-state index contributed by atoms with van der Waals surface area (Å²) in [6, 6.07) is 11.9. The van der Waals surface area contributed by atoms with E-state index in [4.69, 9.17) is 5.73 Å². The molecule has 5 heteroatoms. The number of nitrogen functional groups attached to an aromatic ring is 1. The molecule has 0 atom stereocenters. The summed E-state index contributed by atoms with van der Waals surface area (Å²) >= 11 is 0. The lowest BCUT2D eigenvalue weighted by Crippen LogP contribution is -2.26. The van der Waals surface area contributed by atoms with Gasteiger partial charge in [-0.05, 0) is 61.4 Å². The number of sulfonamides is 1. The molecule has 2 rings (SSSR count). The van der Waals surface area contributed by atoms with Gasteiger partial charge in [-0.15, -0.1) is 0 Å². The number of hydrogen-bond acceptors (Lipinski definition) is 3. The van der Waals surface area contributed by atoms with Crippen molar-refractivity contribution in [2.24, 2.45) is 0 Å². The van der Waals surface area contributed by atoms with Crippen molar-refractivity contribution in [2.75, 3.05) is 17.1 Å². The highest BCUT2D eigenvalue weighted by atomic mass is 32.2. The van der Waals surface area contributed by atoms with Gasteiger partial charge in [-0.2, -0.15) is 0 Å². The molecule has 0 spiro atoms. The van der Waals surface area contributed by atoms with Gasteiger partial charge in [-0.3, -0.25) is 4.31 Å². The Morgan fingerprint density at radius 1 is 0.950 bits per heavy atom. The first-order valence-corrected chi connectivity index (χ1v) is 7.67. The number of nitrogens with two attached hydrogens (primary N) is 1. The standard InChI is InChI=1S/C15H18N2O2S/c1-11-8-12(2)10-14(9-11)17(3)20(18,19)15-6-4-13(16)5-7-15/h4-10H,16H2,1-3H3. The summed E-state index contributed by atoms with van der Waals surface area (Å²) in [6.45, 7) is 3.89. The monoisotopic (exact) mass is 290 g/mol. The molecule has 4 nitrogen and oxygen atoms in total. The van der Waals surface area contributed by atoms with Gasteiger partial charge in [0.05, 0.1) is 10.6 Å². The zero-order valence-corrected chi connectivity index (χ0v) is 12.6. The Balaban J connectivity index is 2.45. The molecular formula is C15H18N2O2S. The van der Waals surface area contributed by atoms with E-state index in [-0.39, 0.29) is 4.90 Å². The van der Waals surface area contributed by atoms with Gasteiger partial charge >= 0.3 is 0 Å². The summed E-state index contributed by atoms with van der Waals surface area (Å²) in [4.78, 5) is 0.230. The maximum atomic E-state index is 12.6. The minimum absolute atomic E-state index is 0.230. The van der Waals surface area contributed by atoms with Crippen molar-refractivity contribution < 1.29 is 8.42 Å². The van der Waals surface area contributed by atoms with Crippen molar-refractivity contribution in [1.82, 2.24) is 0 Å². The smallest absolute Gasteiger partial charge is 0.264 e. The minimum Gasteiger partial charge on any atom is -0.399 e. The van der Waals surface area contributed by atoms with Crippen molar-refractivity contribution in [3.8, 4) is 0 Å². The minimum atomic E-state index is -3.56. The Labute approximate surface area is 119 Å². The SMILES string of the molecule is Cc1cc(C)cc(N(C)S(=O)(=O)c2ccc(N)cc2)c1. The molecule has 0 saturated carbocycles. The molecule has 0 aliphatic rings. The Morgan fingerprint density at radius 3 is 1.95 bits per heavy atom. The summed E-state index contributed by atoms with van der Waals surface area (Å²) < 4.78 is 26.4. The van der Waals surface area contributed by atoms with Crippen LogP contribution in [0.5, 0.6) is 0 Å². The maximum Gasteiger partial charge on any atom is 0.264 e. The van der Waals surface area contributed by atoms with Crippen molar-refractivity contribution in [3.05, 3.63) is 53.6 Å². The van der Waals surface area contributed by atoms with E-state index in [9.17, 15) is 8.42 Å². The van der Waals surface area contributed by atoms with Crippen LogP contribution in [0, 0.1) is 13.8 Å². The van der Waals surface area contributed by atoms with Gasteiger partial charge in [0, 0.05) is 12.7 Å². The highest BCUT2D eigenvalue weighted by molar-refractivity contribution is 7.92. The number of anilines is 2. The molecule has 0 unspecified atom stereocenters. The van der Waals surface area contributed by atoms with Gasteiger partial charge in [-0.1, -0.05) is 6.07 Å². The van der Waals surface area contributed by atoms with Gasteiger partial charge < -0.3 is 5.73 Å². The predicted molar refractivity (Wildman–Crippen MR) is 82.4 cm³/mol. The molecule has 0 radical (unpaired) electrons. The molecule has 0 fully saturated rings. The first kappa shape index (κ1) is 14.4. The van der Waals surface area contributed by atoms with Crippen LogP contribution in [0.1, 0.15) is 11.1 Å². The van der Waals surface area contributed by atoms with Crippen LogP contribution in [0.3, 0.4) is 0 Å². The largest absolute Gasteiger partial charge is 0.399 e. The lowest BCUT2D eigenvalue weighted by Gasteiger charge is -2.20. The normalized spacial score (nSPS) is 11.3. The Hall–Kier alpha value is -2.01. The molecule has 2 N–H and O–H groups in total. The fourth-order valence-corrected chi connectivity index (χ4v) is 3.25. The van der Waals surface area contributed by atoms with Gasteiger partial charge in [0.25, 0.3) is 10.0 Å². The van der Waals surface area contributed by atoms with E-state index in [1.165, 1.54) is 16.4 Å². The number of hydrogen-bond donors (Lipinski definition) is 1. The summed E-state index contributed by atoms with van der Waals surface area (Å²) in [5.74, 6) is 0. The average molecular weight is 290 g/mol.